The molecule has 0 saturated heterocycles. The summed E-state index contributed by atoms with van der Waals surface area (Å²) in [7, 11) is 1.46. The molecule has 1 aromatic heterocycles. The highest BCUT2D eigenvalue weighted by atomic mass is 19.4. The van der Waals surface area contributed by atoms with E-state index in [0.717, 1.165) is 0 Å². The highest BCUT2D eigenvalue weighted by Crippen LogP contribution is 2.38. The minimum absolute atomic E-state index is 0.0121. The molecule has 1 N–H and O–H groups in total. The van der Waals surface area contributed by atoms with Gasteiger partial charge in [0.1, 0.15) is 5.82 Å². The zero-order valence-corrected chi connectivity index (χ0v) is 21.5. The normalized spacial score (nSPS) is 12.9. The van der Waals surface area contributed by atoms with Crippen LogP contribution in [0.4, 0.5) is 36.8 Å². The van der Waals surface area contributed by atoms with Gasteiger partial charge in [-0.25, -0.2) is 9.78 Å². The molecule has 39 heavy (non-hydrogen) atoms. The van der Waals surface area contributed by atoms with Crippen LogP contribution in [0.2, 0.25) is 0 Å². The molecule has 0 radical (unpaired) electrons. The van der Waals surface area contributed by atoms with E-state index in [0.29, 0.717) is 29.5 Å². The number of para-hydroxylation sites is 1. The van der Waals surface area contributed by atoms with Crippen LogP contribution in [0.3, 0.4) is 0 Å². The van der Waals surface area contributed by atoms with Crippen molar-refractivity contribution in [3.63, 3.8) is 0 Å². The van der Waals surface area contributed by atoms with Gasteiger partial charge in [0.05, 0.1) is 41.2 Å². The molecule has 2 aromatic carbocycles. The predicted molar refractivity (Wildman–Crippen MR) is 133 cm³/mol. The number of anilines is 1. The van der Waals surface area contributed by atoms with E-state index in [1.807, 2.05) is 0 Å². The number of methoxy groups -OCH3 is 1. The first-order valence-electron chi connectivity index (χ1n) is 12.2. The van der Waals surface area contributed by atoms with Gasteiger partial charge in [-0.3, -0.25) is 9.36 Å². The number of amides is 2. The molecule has 0 aliphatic carbocycles. The Balaban J connectivity index is 2.09. The van der Waals surface area contributed by atoms with Gasteiger partial charge in [-0.15, -0.1) is 0 Å². The van der Waals surface area contributed by atoms with Gasteiger partial charge in [0, 0.05) is 19.3 Å². The van der Waals surface area contributed by atoms with Gasteiger partial charge in [-0.1, -0.05) is 26.0 Å². The van der Waals surface area contributed by atoms with Crippen LogP contribution in [0.5, 0.6) is 0 Å². The van der Waals surface area contributed by atoms with E-state index in [1.54, 1.807) is 38.1 Å². The van der Waals surface area contributed by atoms with Gasteiger partial charge in [0.25, 0.3) is 5.56 Å². The molecule has 0 aliphatic heterocycles. The Kier molecular flexibility index (Phi) is 9.26. The summed E-state index contributed by atoms with van der Waals surface area (Å²) in [5.41, 5.74) is -3.75. The first-order chi connectivity index (χ1) is 18.3. The van der Waals surface area contributed by atoms with E-state index in [-0.39, 0.29) is 43.6 Å². The smallest absolute Gasteiger partial charge is 0.383 e. The molecule has 0 bridgehead atoms. The zero-order valence-electron chi connectivity index (χ0n) is 21.5. The van der Waals surface area contributed by atoms with E-state index in [9.17, 15) is 35.9 Å². The first kappa shape index (κ1) is 29.9. The second kappa shape index (κ2) is 12.1. The number of alkyl halides is 6. The number of nitrogens with zero attached hydrogens (tertiary/aromatic N) is 3. The SMILES string of the molecule is CCCN(C(=O)Nc1cc(C(F)(F)F)cc(C(F)(F)F)c1)C(CC)c1nc2ccccc2c(=O)n1CCOC. The summed E-state index contributed by atoms with van der Waals surface area (Å²) < 4.78 is 86.5. The molecule has 212 valence electrons. The topological polar surface area (TPSA) is 76.5 Å². The highest BCUT2D eigenvalue weighted by molar-refractivity contribution is 5.90. The van der Waals surface area contributed by atoms with Crippen molar-refractivity contribution in [2.75, 3.05) is 25.6 Å². The zero-order chi connectivity index (χ0) is 29.0. The molecule has 0 spiro atoms. The third-order valence-corrected chi connectivity index (χ3v) is 6.04. The van der Waals surface area contributed by atoms with Crippen molar-refractivity contribution in [3.05, 3.63) is 69.8 Å². The van der Waals surface area contributed by atoms with Crippen LogP contribution in [0, 0.1) is 0 Å². The van der Waals surface area contributed by atoms with E-state index >= 15 is 0 Å². The van der Waals surface area contributed by atoms with Crippen molar-refractivity contribution in [1.82, 2.24) is 14.5 Å². The maximum absolute atomic E-state index is 13.4. The second-order valence-corrected chi connectivity index (χ2v) is 8.78. The van der Waals surface area contributed by atoms with Crippen LogP contribution in [-0.2, 0) is 23.6 Å². The third-order valence-electron chi connectivity index (χ3n) is 6.04. The summed E-state index contributed by atoms with van der Waals surface area (Å²) in [5, 5.41) is 2.55. The van der Waals surface area contributed by atoms with Gasteiger partial charge >= 0.3 is 18.4 Å². The predicted octanol–water partition coefficient (Wildman–Crippen LogP) is 6.48. The number of aromatic nitrogens is 2. The van der Waals surface area contributed by atoms with E-state index in [2.05, 4.69) is 10.3 Å². The fraction of sp³-hybridized carbons (Fsp3) is 0.423. The standard InChI is InChI=1S/C26H28F6N4O3/c1-4-10-35(24(38)33-18-14-16(25(27,28)29)13-17(15-18)26(30,31)32)21(5-2)22-34-20-9-7-6-8-19(20)23(37)36(22)11-12-39-3/h6-9,13-15,21H,4-5,10-12H2,1-3H3,(H,33,38). The van der Waals surface area contributed by atoms with Crippen LogP contribution in [-0.4, -0.2) is 40.7 Å². The van der Waals surface area contributed by atoms with Crippen LogP contribution < -0.4 is 10.9 Å². The first-order valence-corrected chi connectivity index (χ1v) is 12.2. The Morgan fingerprint density at radius 3 is 2.21 bits per heavy atom. The molecule has 1 heterocycles. The van der Waals surface area contributed by atoms with Crippen LogP contribution in [0.15, 0.2) is 47.3 Å². The van der Waals surface area contributed by atoms with Crippen LogP contribution in [0.25, 0.3) is 10.9 Å². The average Bonchev–Trinajstić information content (AvgIpc) is 2.87. The van der Waals surface area contributed by atoms with Crippen molar-refractivity contribution in [1.29, 1.82) is 0 Å². The Hall–Kier alpha value is -3.61. The number of carbonyl (C=O) groups is 1. The molecular formula is C26H28F6N4O3. The molecule has 3 aromatic rings. The minimum atomic E-state index is -5.07. The molecular weight excluding hydrogens is 530 g/mol. The van der Waals surface area contributed by atoms with Crippen molar-refractivity contribution < 1.29 is 35.9 Å². The van der Waals surface area contributed by atoms with Gasteiger partial charge in [0.15, 0.2) is 0 Å². The third kappa shape index (κ3) is 6.88. The van der Waals surface area contributed by atoms with Crippen molar-refractivity contribution in [3.8, 4) is 0 Å². The minimum Gasteiger partial charge on any atom is -0.383 e. The van der Waals surface area contributed by atoms with Gasteiger partial charge < -0.3 is 15.0 Å². The summed E-state index contributed by atoms with van der Waals surface area (Å²) in [6.45, 7) is 3.85. The number of nitrogens with one attached hydrogen (secondary N) is 1. The van der Waals surface area contributed by atoms with Gasteiger partial charge in [-0.2, -0.15) is 26.3 Å². The quantitative estimate of drug-likeness (QED) is 0.305. The summed E-state index contributed by atoms with van der Waals surface area (Å²) in [6, 6.07) is 5.75. The summed E-state index contributed by atoms with van der Waals surface area (Å²) >= 11 is 0. The lowest BCUT2D eigenvalue weighted by Gasteiger charge is -2.32. The molecule has 0 fully saturated rings. The van der Waals surface area contributed by atoms with Crippen LogP contribution in [0.1, 0.15) is 49.7 Å². The molecule has 2 amide bonds. The van der Waals surface area contributed by atoms with Gasteiger partial charge in [0.2, 0.25) is 0 Å². The van der Waals surface area contributed by atoms with E-state index in [1.165, 1.54) is 16.6 Å². The lowest BCUT2D eigenvalue weighted by Crippen LogP contribution is -2.41. The lowest BCUT2D eigenvalue weighted by atomic mass is 10.1. The summed E-state index contributed by atoms with van der Waals surface area (Å²) in [6.07, 6.45) is -9.47. The van der Waals surface area contributed by atoms with Gasteiger partial charge in [-0.05, 0) is 43.2 Å². The number of urea groups is 1. The number of carbonyl (C=O) groups excluding carboxylic acids is 1. The Bertz CT molecular complexity index is 1340. The molecule has 3 rings (SSSR count). The fourth-order valence-electron chi connectivity index (χ4n) is 4.24. The molecule has 1 unspecified atom stereocenters. The number of halogens is 6. The Morgan fingerprint density at radius 1 is 1.05 bits per heavy atom. The number of benzene rings is 2. The number of hydrogen-bond donors (Lipinski definition) is 1. The van der Waals surface area contributed by atoms with Crippen molar-refractivity contribution in [2.45, 2.75) is 51.6 Å². The number of rotatable bonds is 9. The maximum Gasteiger partial charge on any atom is 0.416 e. The fourth-order valence-corrected chi connectivity index (χ4v) is 4.24. The average molecular weight is 559 g/mol. The van der Waals surface area contributed by atoms with Crippen molar-refractivity contribution in [2.24, 2.45) is 0 Å². The number of fused-ring (bicyclic) bond motifs is 1. The summed E-state index contributed by atoms with van der Waals surface area (Å²) in [5.74, 6) is 0.224. The second-order valence-electron chi connectivity index (χ2n) is 8.78. The lowest BCUT2D eigenvalue weighted by molar-refractivity contribution is -0.143. The van der Waals surface area contributed by atoms with E-state index < -0.39 is 41.2 Å². The monoisotopic (exact) mass is 558 g/mol. The number of ether oxygens (including phenoxy) is 1. The maximum atomic E-state index is 13.4. The summed E-state index contributed by atoms with van der Waals surface area (Å²) in [4.78, 5) is 32.6. The van der Waals surface area contributed by atoms with Crippen molar-refractivity contribution >= 4 is 22.6 Å². The largest absolute Gasteiger partial charge is 0.416 e. The molecule has 0 saturated carbocycles. The Morgan fingerprint density at radius 2 is 1.67 bits per heavy atom. The molecule has 1 atom stereocenters. The molecule has 7 nitrogen and oxygen atoms in total. The van der Waals surface area contributed by atoms with E-state index in [4.69, 9.17) is 4.74 Å². The number of hydrogen-bond acceptors (Lipinski definition) is 4. The highest BCUT2D eigenvalue weighted by Gasteiger charge is 2.37. The molecule has 0 aliphatic rings. The Labute approximate surface area is 220 Å². The molecule has 13 heteroatoms. The van der Waals surface area contributed by atoms with Crippen LogP contribution >= 0.6 is 0 Å².